The van der Waals surface area contributed by atoms with Gasteiger partial charge in [0.25, 0.3) is 0 Å². The number of rotatable bonds is 7. The van der Waals surface area contributed by atoms with Gasteiger partial charge in [-0.1, -0.05) is 12.1 Å². The third-order valence-electron chi connectivity index (χ3n) is 7.78. The van der Waals surface area contributed by atoms with Crippen molar-refractivity contribution < 1.29 is 4.21 Å². The highest BCUT2D eigenvalue weighted by atomic mass is 32.2. The van der Waals surface area contributed by atoms with Crippen LogP contribution in [0.5, 0.6) is 0 Å². The third-order valence-corrected chi connectivity index (χ3v) is 8.58. The molecule has 4 aromatic rings. The highest BCUT2D eigenvalue weighted by molar-refractivity contribution is 7.92. The number of nitrogens with one attached hydrogen (secondary N) is 1. The second kappa shape index (κ2) is 11.1. The van der Waals surface area contributed by atoms with Gasteiger partial charge in [-0.05, 0) is 82.1 Å². The monoisotopic (exact) mass is 544 g/mol. The van der Waals surface area contributed by atoms with Crippen molar-refractivity contribution in [2.24, 2.45) is 4.36 Å². The van der Waals surface area contributed by atoms with Crippen LogP contribution in [0.4, 0.5) is 5.82 Å². The summed E-state index contributed by atoms with van der Waals surface area (Å²) in [6.45, 7) is 9.72. The van der Waals surface area contributed by atoms with E-state index < -0.39 is 9.73 Å². The van der Waals surface area contributed by atoms with E-state index >= 15 is 0 Å². The van der Waals surface area contributed by atoms with Gasteiger partial charge in [0, 0.05) is 93.2 Å². The van der Waals surface area contributed by atoms with Gasteiger partial charge in [0.15, 0.2) is 0 Å². The number of hydrogen-bond acceptors (Lipinski definition) is 6. The Bertz CT molecular complexity index is 1560. The van der Waals surface area contributed by atoms with Crippen LogP contribution in [0.15, 0.2) is 53.0 Å². The molecule has 5 rings (SSSR count). The number of anilines is 1. The molecule has 1 aromatic carbocycles. The molecule has 1 saturated heterocycles. The second-order valence-electron chi connectivity index (χ2n) is 11.2. The number of aromatic amines is 1. The van der Waals surface area contributed by atoms with E-state index in [2.05, 4.69) is 80.6 Å². The number of nitrogens with zero attached hydrogens (tertiary/aromatic N) is 5. The predicted octanol–water partition coefficient (Wildman–Crippen LogP) is 5.85. The van der Waals surface area contributed by atoms with E-state index in [-0.39, 0.29) is 0 Å². The molecule has 39 heavy (non-hydrogen) atoms. The smallest absolute Gasteiger partial charge is 0.128 e. The van der Waals surface area contributed by atoms with E-state index in [9.17, 15) is 4.21 Å². The summed E-state index contributed by atoms with van der Waals surface area (Å²) in [5.41, 5.74) is 9.06. The fourth-order valence-corrected chi connectivity index (χ4v) is 6.19. The second-order valence-corrected chi connectivity index (χ2v) is 13.8. The number of hydrogen-bond donors (Lipinski definition) is 1. The lowest BCUT2D eigenvalue weighted by molar-refractivity contribution is 0.213. The van der Waals surface area contributed by atoms with Crippen molar-refractivity contribution in [3.8, 4) is 22.4 Å². The summed E-state index contributed by atoms with van der Waals surface area (Å²) in [5.74, 6) is 1.04. The van der Waals surface area contributed by atoms with Gasteiger partial charge in [-0.3, -0.25) is 9.19 Å². The molecule has 8 heteroatoms. The van der Waals surface area contributed by atoms with Gasteiger partial charge in [-0.2, -0.15) is 0 Å². The average molecular weight is 545 g/mol. The van der Waals surface area contributed by atoms with Crippen LogP contribution >= 0.6 is 0 Å². The number of likely N-dealkylation sites (N-methyl/N-ethyl adjacent to an activating group) is 1. The summed E-state index contributed by atoms with van der Waals surface area (Å²) >= 11 is 0. The van der Waals surface area contributed by atoms with Gasteiger partial charge in [0.2, 0.25) is 0 Å². The van der Waals surface area contributed by atoms with Crippen molar-refractivity contribution in [1.82, 2.24) is 19.9 Å². The number of pyridine rings is 2. The van der Waals surface area contributed by atoms with E-state index in [1.54, 1.807) is 12.5 Å². The van der Waals surface area contributed by atoms with Gasteiger partial charge in [0.1, 0.15) is 5.82 Å². The van der Waals surface area contributed by atoms with Crippen molar-refractivity contribution in [3.05, 3.63) is 65.6 Å². The van der Waals surface area contributed by atoms with Crippen LogP contribution in [0, 0.1) is 20.8 Å². The largest absolute Gasteiger partial charge is 0.357 e. The molecule has 4 heterocycles. The Balaban J connectivity index is 1.26. The van der Waals surface area contributed by atoms with Crippen LogP contribution in [0.1, 0.15) is 29.8 Å². The van der Waals surface area contributed by atoms with E-state index in [4.69, 9.17) is 4.98 Å². The Labute approximate surface area is 232 Å². The third kappa shape index (κ3) is 6.34. The van der Waals surface area contributed by atoms with Gasteiger partial charge in [-0.15, -0.1) is 0 Å². The standard InChI is InChI=1S/C31H40N6OS/c1-21-17-26(18-22(2)34-21)31-23(3)28-9-7-24(19-29(28)35-31)25-8-10-30(32-20-25)37-14-11-27(12-15-37)36(4)16-13-33-39(5,6)38/h7-10,17-20,27,35H,11-16H2,1-6H3. The van der Waals surface area contributed by atoms with Crippen molar-refractivity contribution in [2.45, 2.75) is 39.7 Å². The lowest BCUT2D eigenvalue weighted by atomic mass is 10.0. The minimum Gasteiger partial charge on any atom is -0.357 e. The molecule has 1 aliphatic rings. The van der Waals surface area contributed by atoms with E-state index in [1.807, 2.05) is 20.0 Å². The summed E-state index contributed by atoms with van der Waals surface area (Å²) < 4.78 is 16.1. The molecule has 7 nitrogen and oxygen atoms in total. The van der Waals surface area contributed by atoms with E-state index in [0.29, 0.717) is 12.6 Å². The summed E-state index contributed by atoms with van der Waals surface area (Å²) in [5, 5.41) is 1.24. The molecule has 0 aliphatic carbocycles. The van der Waals surface area contributed by atoms with Gasteiger partial charge in [-0.25, -0.2) is 9.35 Å². The first kappa shape index (κ1) is 27.3. The molecular formula is C31H40N6OS. The molecule has 3 aromatic heterocycles. The van der Waals surface area contributed by atoms with Crippen molar-refractivity contribution >= 4 is 26.4 Å². The molecule has 206 valence electrons. The Kier molecular flexibility index (Phi) is 7.78. The van der Waals surface area contributed by atoms with Crippen LogP contribution in [-0.4, -0.2) is 75.8 Å². The first-order chi connectivity index (χ1) is 18.6. The minimum atomic E-state index is -2.02. The van der Waals surface area contributed by atoms with Crippen LogP contribution in [0.3, 0.4) is 0 Å². The lowest BCUT2D eigenvalue weighted by Gasteiger charge is -2.37. The van der Waals surface area contributed by atoms with Gasteiger partial charge < -0.3 is 14.8 Å². The SMILES string of the molecule is Cc1cc(-c2[nH]c3cc(-c4ccc(N5CCC(N(C)CCN=S(C)(C)=O)CC5)nc4)ccc3c2C)cc(C)n1. The fraction of sp³-hybridized carbons (Fsp3) is 0.419. The molecule has 1 aliphatic heterocycles. The highest BCUT2D eigenvalue weighted by Gasteiger charge is 2.23. The van der Waals surface area contributed by atoms with Crippen molar-refractivity contribution in [2.75, 3.05) is 50.6 Å². The summed E-state index contributed by atoms with van der Waals surface area (Å²) in [6, 6.07) is 15.8. The number of benzene rings is 1. The number of H-pyrrole nitrogens is 1. The normalized spacial score (nSPS) is 14.9. The Morgan fingerprint density at radius 3 is 2.33 bits per heavy atom. The first-order valence-corrected chi connectivity index (χ1v) is 16.0. The van der Waals surface area contributed by atoms with Crippen LogP contribution in [0.2, 0.25) is 0 Å². The molecular weight excluding hydrogens is 504 g/mol. The highest BCUT2D eigenvalue weighted by Crippen LogP contribution is 2.33. The maximum atomic E-state index is 11.8. The molecule has 0 spiro atoms. The van der Waals surface area contributed by atoms with Crippen molar-refractivity contribution in [1.29, 1.82) is 0 Å². The zero-order valence-electron chi connectivity index (χ0n) is 24.0. The molecule has 0 atom stereocenters. The topological polar surface area (TPSA) is 77.5 Å². The summed E-state index contributed by atoms with van der Waals surface area (Å²) in [4.78, 5) is 17.8. The van der Waals surface area contributed by atoms with Gasteiger partial charge in [0.05, 0.1) is 6.54 Å². The molecule has 0 unspecified atom stereocenters. The Morgan fingerprint density at radius 1 is 1.00 bits per heavy atom. The Morgan fingerprint density at radius 2 is 1.69 bits per heavy atom. The number of aromatic nitrogens is 3. The molecule has 0 bridgehead atoms. The fourth-order valence-electron chi connectivity index (χ4n) is 5.67. The summed E-state index contributed by atoms with van der Waals surface area (Å²) in [6.07, 6.45) is 7.58. The lowest BCUT2D eigenvalue weighted by Crippen LogP contribution is -2.44. The minimum absolute atomic E-state index is 0.529. The van der Waals surface area contributed by atoms with Crippen LogP contribution in [0.25, 0.3) is 33.3 Å². The zero-order valence-corrected chi connectivity index (χ0v) is 24.8. The maximum Gasteiger partial charge on any atom is 0.128 e. The van der Waals surface area contributed by atoms with E-state index in [0.717, 1.165) is 72.0 Å². The first-order valence-electron chi connectivity index (χ1n) is 13.7. The molecule has 0 amide bonds. The number of piperidine rings is 1. The summed E-state index contributed by atoms with van der Waals surface area (Å²) in [7, 11) is 0.136. The molecule has 1 N–H and O–H groups in total. The average Bonchev–Trinajstić information content (AvgIpc) is 3.23. The van der Waals surface area contributed by atoms with Crippen LogP contribution < -0.4 is 4.90 Å². The van der Waals surface area contributed by atoms with Crippen molar-refractivity contribution in [3.63, 3.8) is 0 Å². The quantitative estimate of drug-likeness (QED) is 0.316. The zero-order chi connectivity index (χ0) is 27.7. The van der Waals surface area contributed by atoms with E-state index in [1.165, 1.54) is 16.5 Å². The molecule has 0 saturated carbocycles. The molecule has 0 radical (unpaired) electrons. The van der Waals surface area contributed by atoms with Gasteiger partial charge >= 0.3 is 0 Å². The Hall–Kier alpha value is -3.23. The number of fused-ring (bicyclic) bond motifs is 1. The van der Waals surface area contributed by atoms with Crippen LogP contribution in [-0.2, 0) is 9.73 Å². The predicted molar refractivity (Wildman–Crippen MR) is 164 cm³/mol. The molecule has 1 fully saturated rings. The maximum absolute atomic E-state index is 11.8. The number of aryl methyl sites for hydroxylation is 3.